The summed E-state index contributed by atoms with van der Waals surface area (Å²) < 4.78 is 27.0. The minimum Gasteiger partial charge on any atom is -0.481 e. The first-order valence-corrected chi connectivity index (χ1v) is 8.98. The molecule has 0 aromatic carbocycles. The van der Waals surface area contributed by atoms with Gasteiger partial charge in [0.25, 0.3) is 10.0 Å². The summed E-state index contributed by atoms with van der Waals surface area (Å²) >= 11 is 6.79. The van der Waals surface area contributed by atoms with Crippen LogP contribution in [-0.2, 0) is 14.8 Å². The number of carbonyl (C=O) groups is 1. The van der Waals surface area contributed by atoms with Crippen molar-refractivity contribution >= 4 is 38.9 Å². The number of halogens is 1. The molecular formula is C12H14ClNO4S2. The second-order valence-corrected chi connectivity index (χ2v) is 9.29. The standard InChI is InChI=1S/C12H14ClNO4S2/c13-9-3-4-10(19-9)20(17,18)14-6-8-2-1-5-12(8,7-14)11(15)16/h3-4,8H,1-2,5-7H2,(H,15,16)/t8-,12+/m0/s1. The Kier molecular flexibility index (Phi) is 3.36. The van der Waals surface area contributed by atoms with Gasteiger partial charge >= 0.3 is 5.97 Å². The van der Waals surface area contributed by atoms with Crippen molar-refractivity contribution in [3.63, 3.8) is 0 Å². The molecule has 1 N–H and O–H groups in total. The van der Waals surface area contributed by atoms with Crippen LogP contribution in [0.15, 0.2) is 16.3 Å². The number of hydrogen-bond acceptors (Lipinski definition) is 4. The number of rotatable bonds is 3. The van der Waals surface area contributed by atoms with Gasteiger partial charge in [-0.15, -0.1) is 11.3 Å². The molecule has 1 aromatic heterocycles. The van der Waals surface area contributed by atoms with E-state index in [1.54, 1.807) is 6.07 Å². The summed E-state index contributed by atoms with van der Waals surface area (Å²) in [5, 5.41) is 9.49. The van der Waals surface area contributed by atoms with Crippen LogP contribution in [-0.4, -0.2) is 36.9 Å². The first-order chi connectivity index (χ1) is 9.36. The Morgan fingerprint density at radius 1 is 1.50 bits per heavy atom. The Morgan fingerprint density at radius 3 is 2.80 bits per heavy atom. The average Bonchev–Trinajstić information content (AvgIpc) is 3.00. The van der Waals surface area contributed by atoms with Crippen molar-refractivity contribution in [1.82, 2.24) is 4.31 Å². The highest BCUT2D eigenvalue weighted by Gasteiger charge is 2.57. The molecule has 110 valence electrons. The third kappa shape index (κ3) is 1.99. The topological polar surface area (TPSA) is 74.7 Å². The number of aliphatic carboxylic acids is 1. The van der Waals surface area contributed by atoms with E-state index in [-0.39, 0.29) is 16.7 Å². The molecule has 0 amide bonds. The quantitative estimate of drug-likeness (QED) is 0.919. The van der Waals surface area contributed by atoms with Crippen molar-refractivity contribution in [3.8, 4) is 0 Å². The fourth-order valence-corrected chi connectivity index (χ4v) is 6.53. The van der Waals surface area contributed by atoms with E-state index in [4.69, 9.17) is 11.6 Å². The highest BCUT2D eigenvalue weighted by Crippen LogP contribution is 2.50. The summed E-state index contributed by atoms with van der Waals surface area (Å²) in [6.07, 6.45) is 2.20. The first kappa shape index (κ1) is 14.3. The fourth-order valence-electron chi connectivity index (χ4n) is 3.34. The molecule has 0 unspecified atom stereocenters. The summed E-state index contributed by atoms with van der Waals surface area (Å²) in [6, 6.07) is 3.02. The molecule has 1 aliphatic heterocycles. The maximum atomic E-state index is 12.5. The van der Waals surface area contributed by atoms with Gasteiger partial charge < -0.3 is 5.11 Å². The van der Waals surface area contributed by atoms with Crippen molar-refractivity contribution in [2.45, 2.75) is 23.5 Å². The molecule has 2 heterocycles. The highest BCUT2D eigenvalue weighted by molar-refractivity contribution is 7.91. The van der Waals surface area contributed by atoms with Gasteiger partial charge in [-0.25, -0.2) is 8.42 Å². The molecule has 2 aliphatic rings. The number of fused-ring (bicyclic) bond motifs is 1. The van der Waals surface area contributed by atoms with Gasteiger partial charge in [-0.1, -0.05) is 18.0 Å². The molecule has 1 saturated carbocycles. The SMILES string of the molecule is O=C(O)[C@@]12CCC[C@H]1CN(S(=O)(=O)c1ccc(Cl)s1)C2. The van der Waals surface area contributed by atoms with Crippen LogP contribution in [0.25, 0.3) is 0 Å². The summed E-state index contributed by atoms with van der Waals surface area (Å²) in [7, 11) is -3.63. The average molecular weight is 336 g/mol. The Bertz CT molecular complexity index is 656. The normalized spacial score (nSPS) is 30.6. The van der Waals surface area contributed by atoms with E-state index in [2.05, 4.69) is 0 Å². The Morgan fingerprint density at radius 2 is 2.25 bits per heavy atom. The lowest BCUT2D eigenvalue weighted by atomic mass is 9.81. The largest absolute Gasteiger partial charge is 0.481 e. The second-order valence-electron chi connectivity index (χ2n) is 5.41. The maximum Gasteiger partial charge on any atom is 0.311 e. The van der Waals surface area contributed by atoms with Gasteiger partial charge in [0.05, 0.1) is 9.75 Å². The van der Waals surface area contributed by atoms with Crippen molar-refractivity contribution in [1.29, 1.82) is 0 Å². The van der Waals surface area contributed by atoms with Crippen LogP contribution in [0.5, 0.6) is 0 Å². The summed E-state index contributed by atoms with van der Waals surface area (Å²) in [5.74, 6) is -0.952. The molecule has 8 heteroatoms. The summed E-state index contributed by atoms with van der Waals surface area (Å²) in [6.45, 7) is 0.370. The molecule has 0 bridgehead atoms. The minimum absolute atomic E-state index is 0.0743. The van der Waals surface area contributed by atoms with E-state index >= 15 is 0 Å². The van der Waals surface area contributed by atoms with Gasteiger partial charge in [0.15, 0.2) is 0 Å². The molecule has 1 saturated heterocycles. The van der Waals surface area contributed by atoms with Gasteiger partial charge in [0, 0.05) is 13.1 Å². The lowest BCUT2D eigenvalue weighted by Crippen LogP contribution is -2.37. The predicted octanol–water partition coefficient (Wildman–Crippen LogP) is 2.28. The van der Waals surface area contributed by atoms with Crippen molar-refractivity contribution in [3.05, 3.63) is 16.5 Å². The lowest BCUT2D eigenvalue weighted by molar-refractivity contribution is -0.149. The molecule has 5 nitrogen and oxygen atoms in total. The van der Waals surface area contributed by atoms with Crippen molar-refractivity contribution < 1.29 is 18.3 Å². The zero-order chi connectivity index (χ0) is 14.5. The molecule has 2 fully saturated rings. The van der Waals surface area contributed by atoms with E-state index in [0.29, 0.717) is 17.3 Å². The highest BCUT2D eigenvalue weighted by atomic mass is 35.5. The summed E-state index contributed by atoms with van der Waals surface area (Å²) in [4.78, 5) is 11.6. The molecule has 1 aromatic rings. The van der Waals surface area contributed by atoms with E-state index in [1.165, 1.54) is 10.4 Å². The lowest BCUT2D eigenvalue weighted by Gasteiger charge is -2.23. The molecule has 0 spiro atoms. The molecular weight excluding hydrogens is 322 g/mol. The van der Waals surface area contributed by atoms with E-state index < -0.39 is 21.4 Å². The van der Waals surface area contributed by atoms with Crippen LogP contribution in [0.2, 0.25) is 4.34 Å². The number of carboxylic acid groups (broad SMARTS) is 1. The summed E-state index contributed by atoms with van der Waals surface area (Å²) in [5.41, 5.74) is -0.895. The van der Waals surface area contributed by atoms with Gasteiger partial charge in [-0.05, 0) is 30.9 Å². The Labute approximate surface area is 126 Å². The van der Waals surface area contributed by atoms with Gasteiger partial charge in [0.1, 0.15) is 4.21 Å². The van der Waals surface area contributed by atoms with Gasteiger partial charge in [-0.2, -0.15) is 4.31 Å². The van der Waals surface area contributed by atoms with Crippen LogP contribution in [0.4, 0.5) is 0 Å². The molecule has 0 radical (unpaired) electrons. The number of thiophene rings is 1. The maximum absolute atomic E-state index is 12.5. The first-order valence-electron chi connectivity index (χ1n) is 6.35. The number of sulfonamides is 1. The van der Waals surface area contributed by atoms with E-state index in [9.17, 15) is 18.3 Å². The number of carboxylic acids is 1. The minimum atomic E-state index is -3.63. The Hall–Kier alpha value is -0.630. The second kappa shape index (κ2) is 4.69. The van der Waals surface area contributed by atoms with Crippen LogP contribution in [0.1, 0.15) is 19.3 Å². The predicted molar refractivity (Wildman–Crippen MR) is 75.5 cm³/mol. The van der Waals surface area contributed by atoms with Crippen molar-refractivity contribution in [2.24, 2.45) is 11.3 Å². The number of hydrogen-bond donors (Lipinski definition) is 1. The molecule has 2 atom stereocenters. The van der Waals surface area contributed by atoms with Crippen LogP contribution in [0.3, 0.4) is 0 Å². The van der Waals surface area contributed by atoms with Gasteiger partial charge in [-0.3, -0.25) is 4.79 Å². The van der Waals surface area contributed by atoms with Gasteiger partial charge in [0.2, 0.25) is 0 Å². The van der Waals surface area contributed by atoms with Crippen LogP contribution < -0.4 is 0 Å². The van der Waals surface area contributed by atoms with Crippen LogP contribution >= 0.6 is 22.9 Å². The van der Waals surface area contributed by atoms with E-state index in [1.807, 2.05) is 0 Å². The molecule has 20 heavy (non-hydrogen) atoms. The Balaban J connectivity index is 1.92. The zero-order valence-corrected chi connectivity index (χ0v) is 13.0. The molecule has 3 rings (SSSR count). The molecule has 1 aliphatic carbocycles. The van der Waals surface area contributed by atoms with Crippen molar-refractivity contribution in [2.75, 3.05) is 13.1 Å². The van der Waals surface area contributed by atoms with E-state index in [0.717, 1.165) is 24.2 Å². The zero-order valence-electron chi connectivity index (χ0n) is 10.6. The monoisotopic (exact) mass is 335 g/mol. The smallest absolute Gasteiger partial charge is 0.311 e. The third-order valence-corrected chi connectivity index (χ3v) is 7.92. The fraction of sp³-hybridized carbons (Fsp3) is 0.583. The van der Waals surface area contributed by atoms with Crippen LogP contribution in [0, 0.1) is 11.3 Å². The number of nitrogens with zero attached hydrogens (tertiary/aromatic N) is 1. The third-order valence-electron chi connectivity index (χ3n) is 4.41.